The molecule has 1 saturated heterocycles. The van der Waals surface area contributed by atoms with E-state index in [2.05, 4.69) is 10.2 Å². The topological polar surface area (TPSA) is 49.4 Å². The average molecular weight is 307 g/mol. The molecule has 1 aliphatic heterocycles. The minimum Gasteiger partial charge on any atom is -0.294 e. The lowest BCUT2D eigenvalue weighted by Crippen LogP contribution is -2.66. The first kappa shape index (κ1) is 14.5. The van der Waals surface area contributed by atoms with Gasteiger partial charge >= 0.3 is 0 Å². The third-order valence-corrected chi connectivity index (χ3v) is 4.83. The second-order valence-electron chi connectivity index (χ2n) is 5.95. The molecule has 0 bridgehead atoms. The highest BCUT2D eigenvalue weighted by Crippen LogP contribution is 2.36. The second kappa shape index (κ2) is 5.78. The van der Waals surface area contributed by atoms with Crippen LogP contribution in [0.5, 0.6) is 0 Å². The van der Waals surface area contributed by atoms with Crippen molar-refractivity contribution in [3.8, 4) is 0 Å². The van der Waals surface area contributed by atoms with Crippen molar-refractivity contribution in [3.63, 3.8) is 0 Å². The van der Waals surface area contributed by atoms with Crippen LogP contribution in [0.3, 0.4) is 0 Å². The molecule has 3 rings (SSSR count). The van der Waals surface area contributed by atoms with E-state index in [9.17, 15) is 9.59 Å². The Bertz CT molecular complexity index is 550. The van der Waals surface area contributed by atoms with E-state index in [1.165, 1.54) is 0 Å². The zero-order valence-corrected chi connectivity index (χ0v) is 12.7. The maximum Gasteiger partial charge on any atom is 0.247 e. The lowest BCUT2D eigenvalue weighted by molar-refractivity contribution is -0.150. The van der Waals surface area contributed by atoms with E-state index in [0.29, 0.717) is 11.6 Å². The number of imide groups is 1. The number of hydrogen-bond donors (Lipinski definition) is 1. The maximum atomic E-state index is 12.4. The van der Waals surface area contributed by atoms with E-state index < -0.39 is 5.54 Å². The molecule has 1 spiro atoms. The Hall–Kier alpha value is -1.39. The summed E-state index contributed by atoms with van der Waals surface area (Å²) >= 11 is 5.91. The first-order chi connectivity index (χ1) is 10.1. The number of piperazine rings is 1. The minimum atomic E-state index is -0.508. The molecule has 0 aromatic heterocycles. The Kier molecular flexibility index (Phi) is 4.00. The lowest BCUT2D eigenvalue weighted by Gasteiger charge is -2.47. The van der Waals surface area contributed by atoms with Gasteiger partial charge in [0.1, 0.15) is 5.54 Å². The SMILES string of the molecule is O=C1CN(Cc2ccc(Cl)cc2)C2(CCCCC2)C(=O)N1. The Morgan fingerprint density at radius 3 is 2.43 bits per heavy atom. The van der Waals surface area contributed by atoms with Crippen LogP contribution in [0.15, 0.2) is 24.3 Å². The molecule has 1 aromatic carbocycles. The first-order valence-corrected chi connectivity index (χ1v) is 7.82. The molecule has 2 aliphatic rings. The molecule has 1 heterocycles. The Balaban J connectivity index is 1.86. The number of halogens is 1. The summed E-state index contributed by atoms with van der Waals surface area (Å²) in [5.74, 6) is -0.322. The molecule has 1 aromatic rings. The fourth-order valence-electron chi connectivity index (χ4n) is 3.45. The summed E-state index contributed by atoms with van der Waals surface area (Å²) < 4.78 is 0. The van der Waals surface area contributed by atoms with Gasteiger partial charge in [-0.25, -0.2) is 0 Å². The van der Waals surface area contributed by atoms with Crippen molar-refractivity contribution in [2.24, 2.45) is 0 Å². The molecule has 0 radical (unpaired) electrons. The van der Waals surface area contributed by atoms with Crippen LogP contribution >= 0.6 is 11.6 Å². The molecule has 21 heavy (non-hydrogen) atoms. The fourth-order valence-corrected chi connectivity index (χ4v) is 3.57. The van der Waals surface area contributed by atoms with Crippen molar-refractivity contribution in [3.05, 3.63) is 34.9 Å². The Morgan fingerprint density at radius 2 is 1.76 bits per heavy atom. The third-order valence-electron chi connectivity index (χ3n) is 4.58. The van der Waals surface area contributed by atoms with Gasteiger partial charge in [0.25, 0.3) is 0 Å². The molecule has 112 valence electrons. The van der Waals surface area contributed by atoms with Gasteiger partial charge in [0.2, 0.25) is 11.8 Å². The zero-order chi connectivity index (χ0) is 14.9. The largest absolute Gasteiger partial charge is 0.294 e. The van der Waals surface area contributed by atoms with Gasteiger partial charge in [-0.2, -0.15) is 0 Å². The summed E-state index contributed by atoms with van der Waals surface area (Å²) in [6.07, 6.45) is 4.91. The van der Waals surface area contributed by atoms with Gasteiger partial charge < -0.3 is 0 Å². The number of nitrogens with one attached hydrogen (secondary N) is 1. The van der Waals surface area contributed by atoms with E-state index in [1.54, 1.807) is 0 Å². The highest BCUT2D eigenvalue weighted by molar-refractivity contribution is 6.30. The van der Waals surface area contributed by atoms with E-state index in [1.807, 2.05) is 24.3 Å². The summed E-state index contributed by atoms with van der Waals surface area (Å²) in [4.78, 5) is 26.3. The second-order valence-corrected chi connectivity index (χ2v) is 6.39. The van der Waals surface area contributed by atoms with Crippen molar-refractivity contribution in [2.45, 2.75) is 44.2 Å². The molecule has 4 nitrogen and oxygen atoms in total. The van der Waals surface area contributed by atoms with Gasteiger partial charge in [0, 0.05) is 11.6 Å². The van der Waals surface area contributed by atoms with Crippen molar-refractivity contribution in [1.29, 1.82) is 0 Å². The molecular formula is C16H19ClN2O2. The minimum absolute atomic E-state index is 0.118. The number of rotatable bonds is 2. The molecule has 1 aliphatic carbocycles. The van der Waals surface area contributed by atoms with Crippen LogP contribution in [0.2, 0.25) is 5.02 Å². The van der Waals surface area contributed by atoms with Crippen molar-refractivity contribution in [1.82, 2.24) is 10.2 Å². The number of carbonyl (C=O) groups is 2. The molecule has 2 fully saturated rings. The van der Waals surface area contributed by atoms with Crippen LogP contribution < -0.4 is 5.32 Å². The molecule has 0 unspecified atom stereocenters. The highest BCUT2D eigenvalue weighted by atomic mass is 35.5. The standard InChI is InChI=1S/C16H19ClN2O2/c17-13-6-4-12(5-7-13)10-19-11-14(20)18-15(21)16(19)8-2-1-3-9-16/h4-7H,1-3,8-11H2,(H,18,20,21). The summed E-state index contributed by atoms with van der Waals surface area (Å²) in [6.45, 7) is 0.894. The Morgan fingerprint density at radius 1 is 1.10 bits per heavy atom. The van der Waals surface area contributed by atoms with Gasteiger partial charge in [0.15, 0.2) is 0 Å². The van der Waals surface area contributed by atoms with Crippen LogP contribution in [-0.4, -0.2) is 28.8 Å². The molecule has 1 N–H and O–H groups in total. The van der Waals surface area contributed by atoms with Crippen molar-refractivity contribution in [2.75, 3.05) is 6.54 Å². The number of hydrogen-bond acceptors (Lipinski definition) is 3. The van der Waals surface area contributed by atoms with E-state index in [-0.39, 0.29) is 18.4 Å². The molecule has 5 heteroatoms. The van der Waals surface area contributed by atoms with E-state index in [4.69, 9.17) is 11.6 Å². The average Bonchev–Trinajstić information content (AvgIpc) is 2.48. The summed E-state index contributed by atoms with van der Waals surface area (Å²) in [7, 11) is 0. The van der Waals surface area contributed by atoms with Crippen LogP contribution in [-0.2, 0) is 16.1 Å². The summed E-state index contributed by atoms with van der Waals surface area (Å²) in [5, 5.41) is 3.22. The number of amides is 2. The summed E-state index contributed by atoms with van der Waals surface area (Å²) in [6, 6.07) is 7.60. The van der Waals surface area contributed by atoms with Gasteiger partial charge in [-0.3, -0.25) is 19.8 Å². The fraction of sp³-hybridized carbons (Fsp3) is 0.500. The lowest BCUT2D eigenvalue weighted by atomic mass is 9.78. The zero-order valence-electron chi connectivity index (χ0n) is 11.9. The Labute approximate surface area is 129 Å². The predicted octanol–water partition coefficient (Wildman–Crippen LogP) is 2.50. The van der Waals surface area contributed by atoms with Crippen LogP contribution in [0.25, 0.3) is 0 Å². The van der Waals surface area contributed by atoms with Crippen molar-refractivity contribution >= 4 is 23.4 Å². The smallest absolute Gasteiger partial charge is 0.247 e. The highest BCUT2D eigenvalue weighted by Gasteiger charge is 2.48. The number of benzene rings is 1. The van der Waals surface area contributed by atoms with Crippen LogP contribution in [0.4, 0.5) is 0 Å². The molecule has 2 amide bonds. The van der Waals surface area contributed by atoms with Gasteiger partial charge in [0.05, 0.1) is 6.54 Å². The molecular weight excluding hydrogens is 288 g/mol. The van der Waals surface area contributed by atoms with Crippen LogP contribution in [0.1, 0.15) is 37.7 Å². The van der Waals surface area contributed by atoms with Gasteiger partial charge in [-0.1, -0.05) is 43.0 Å². The van der Waals surface area contributed by atoms with E-state index in [0.717, 1.165) is 37.7 Å². The predicted molar refractivity (Wildman–Crippen MR) is 80.8 cm³/mol. The number of nitrogens with zero attached hydrogens (tertiary/aromatic N) is 1. The van der Waals surface area contributed by atoms with Crippen LogP contribution in [0, 0.1) is 0 Å². The first-order valence-electron chi connectivity index (χ1n) is 7.44. The maximum absolute atomic E-state index is 12.4. The van der Waals surface area contributed by atoms with E-state index >= 15 is 0 Å². The summed E-state index contributed by atoms with van der Waals surface area (Å²) in [5.41, 5.74) is 0.568. The molecule has 1 saturated carbocycles. The monoisotopic (exact) mass is 306 g/mol. The third kappa shape index (κ3) is 2.83. The van der Waals surface area contributed by atoms with Crippen molar-refractivity contribution < 1.29 is 9.59 Å². The van der Waals surface area contributed by atoms with Gasteiger partial charge in [-0.15, -0.1) is 0 Å². The number of carbonyl (C=O) groups excluding carboxylic acids is 2. The quantitative estimate of drug-likeness (QED) is 0.854. The normalized spacial score (nSPS) is 22.3. The molecule has 0 atom stereocenters. The van der Waals surface area contributed by atoms with Gasteiger partial charge in [-0.05, 0) is 30.5 Å².